The van der Waals surface area contributed by atoms with Gasteiger partial charge in [-0.25, -0.2) is 9.86 Å². The van der Waals surface area contributed by atoms with Crippen LogP contribution in [0.25, 0.3) is 0 Å². The first-order chi connectivity index (χ1) is 16.2. The van der Waals surface area contributed by atoms with Crippen molar-refractivity contribution in [1.82, 2.24) is 9.96 Å². The highest BCUT2D eigenvalue weighted by molar-refractivity contribution is 5.90. The van der Waals surface area contributed by atoms with Crippen molar-refractivity contribution in [2.45, 2.75) is 88.8 Å². The fourth-order valence-corrected chi connectivity index (χ4v) is 6.25. The number of carbonyl (C=O) groups is 4. The second-order valence-electron chi connectivity index (χ2n) is 10.6. The van der Waals surface area contributed by atoms with Gasteiger partial charge in [-0.1, -0.05) is 25.7 Å². The van der Waals surface area contributed by atoms with E-state index in [9.17, 15) is 24.4 Å². The largest absolute Gasteiger partial charge is 0.524 e. The van der Waals surface area contributed by atoms with Gasteiger partial charge in [0.15, 0.2) is 6.04 Å². The molecule has 2 aliphatic carbocycles. The molecule has 1 unspecified atom stereocenters. The van der Waals surface area contributed by atoms with E-state index in [-0.39, 0.29) is 31.5 Å². The lowest BCUT2D eigenvalue weighted by atomic mass is 9.90. The lowest BCUT2D eigenvalue weighted by Crippen LogP contribution is -2.66. The summed E-state index contributed by atoms with van der Waals surface area (Å²) in [7, 11) is 4.07. The van der Waals surface area contributed by atoms with Gasteiger partial charge in [-0.2, -0.15) is 4.79 Å². The number of imide groups is 1. The lowest BCUT2D eigenvalue weighted by molar-refractivity contribution is -0.788. The normalized spacial score (nSPS) is 30.8. The maximum absolute atomic E-state index is 14.0. The summed E-state index contributed by atoms with van der Waals surface area (Å²) in [6, 6.07) is -0.563. The summed E-state index contributed by atoms with van der Waals surface area (Å²) < 4.78 is 5.14. The van der Waals surface area contributed by atoms with Crippen LogP contribution >= 0.6 is 0 Å². The van der Waals surface area contributed by atoms with Gasteiger partial charge < -0.3 is 15.4 Å². The van der Waals surface area contributed by atoms with E-state index in [0.29, 0.717) is 43.2 Å². The van der Waals surface area contributed by atoms with Crippen molar-refractivity contribution >= 4 is 24.3 Å². The number of hydroxylamine groups is 2. The first-order valence-corrected chi connectivity index (χ1v) is 12.7. The summed E-state index contributed by atoms with van der Waals surface area (Å²) in [4.78, 5) is 53.4. The van der Waals surface area contributed by atoms with Crippen molar-refractivity contribution in [2.24, 2.45) is 17.6 Å². The molecule has 0 aromatic rings. The molecule has 192 valence electrons. The molecule has 4 amide bonds. The SMILES string of the molecule is CN(C)C1CCC(OC(=O)[N+]2(C(=O)[C@H](CC3CCCC3)CN(O)C=O)CCC[C@H]2C(N)=O)CC1. The molecule has 2 saturated carbocycles. The fourth-order valence-electron chi connectivity index (χ4n) is 6.25. The number of rotatable bonds is 9. The van der Waals surface area contributed by atoms with Crippen LogP contribution in [0.4, 0.5) is 4.79 Å². The number of hydrogen-bond acceptors (Lipinski definition) is 7. The highest BCUT2D eigenvalue weighted by Gasteiger charge is 2.60. The minimum atomic E-state index is -0.993. The van der Waals surface area contributed by atoms with Crippen molar-refractivity contribution in [2.75, 3.05) is 27.2 Å². The number of hydrogen-bond donors (Lipinski definition) is 2. The van der Waals surface area contributed by atoms with Crippen LogP contribution in [0.15, 0.2) is 0 Å². The first-order valence-electron chi connectivity index (χ1n) is 12.7. The molecule has 0 aromatic heterocycles. The van der Waals surface area contributed by atoms with Crippen LogP contribution in [0.5, 0.6) is 0 Å². The van der Waals surface area contributed by atoms with Gasteiger partial charge in [0.2, 0.25) is 6.41 Å². The van der Waals surface area contributed by atoms with E-state index in [1.54, 1.807) is 0 Å². The zero-order chi connectivity index (χ0) is 24.9. The predicted molar refractivity (Wildman–Crippen MR) is 123 cm³/mol. The molecule has 3 atom stereocenters. The van der Waals surface area contributed by atoms with E-state index < -0.39 is 34.4 Å². The van der Waals surface area contributed by atoms with E-state index >= 15 is 0 Å². The molecule has 3 aliphatic rings. The van der Waals surface area contributed by atoms with E-state index in [0.717, 1.165) is 38.5 Å². The Labute approximate surface area is 201 Å². The van der Waals surface area contributed by atoms with Gasteiger partial charge in [0.1, 0.15) is 6.10 Å². The van der Waals surface area contributed by atoms with E-state index in [1.807, 2.05) is 14.1 Å². The molecule has 1 saturated heterocycles. The number of amides is 4. The third kappa shape index (κ3) is 5.78. The van der Waals surface area contributed by atoms with Gasteiger partial charge in [-0.3, -0.25) is 14.8 Å². The smallest absolute Gasteiger partial charge is 0.416 e. The molecule has 1 heterocycles. The molecule has 0 bridgehead atoms. The van der Waals surface area contributed by atoms with Gasteiger partial charge in [0.05, 0.1) is 19.0 Å². The van der Waals surface area contributed by atoms with Gasteiger partial charge in [-0.05, 0) is 52.1 Å². The average molecular weight is 482 g/mol. The first kappa shape index (κ1) is 26.6. The van der Waals surface area contributed by atoms with Crippen molar-refractivity contribution in [1.29, 1.82) is 0 Å². The van der Waals surface area contributed by atoms with Gasteiger partial charge in [0.25, 0.3) is 5.91 Å². The number of likely N-dealkylation sites (tertiary alicyclic amines) is 1. The Kier molecular flexibility index (Phi) is 9.06. The predicted octanol–water partition coefficient (Wildman–Crippen LogP) is 2.03. The van der Waals surface area contributed by atoms with Crippen LogP contribution in [-0.2, 0) is 19.1 Å². The molecule has 0 aromatic carbocycles. The summed E-state index contributed by atoms with van der Waals surface area (Å²) >= 11 is 0. The second-order valence-corrected chi connectivity index (χ2v) is 10.6. The Bertz CT molecular complexity index is 748. The Morgan fingerprint density at radius 1 is 1.06 bits per heavy atom. The summed E-state index contributed by atoms with van der Waals surface area (Å²) in [6.07, 6.45) is 7.78. The molecular formula is C24H41N4O6+. The van der Waals surface area contributed by atoms with E-state index in [2.05, 4.69) is 4.90 Å². The highest BCUT2D eigenvalue weighted by Crippen LogP contribution is 2.37. The van der Waals surface area contributed by atoms with Crippen molar-refractivity contribution in [3.05, 3.63) is 0 Å². The van der Waals surface area contributed by atoms with Crippen LogP contribution in [0.3, 0.4) is 0 Å². The summed E-state index contributed by atoms with van der Waals surface area (Å²) in [6.45, 7) is -0.0719. The van der Waals surface area contributed by atoms with Crippen LogP contribution in [0.2, 0.25) is 0 Å². The van der Waals surface area contributed by atoms with Crippen LogP contribution in [0.1, 0.15) is 70.6 Å². The Morgan fingerprint density at radius 3 is 2.26 bits per heavy atom. The number of quaternary nitrogens is 1. The van der Waals surface area contributed by atoms with Gasteiger partial charge in [-0.15, -0.1) is 4.48 Å². The maximum atomic E-state index is 14.0. The third-order valence-corrected chi connectivity index (χ3v) is 8.18. The lowest BCUT2D eigenvalue weighted by Gasteiger charge is -2.37. The minimum absolute atomic E-state index is 0.145. The quantitative estimate of drug-likeness (QED) is 0.223. The molecule has 10 heteroatoms. The molecule has 0 spiro atoms. The molecule has 3 fully saturated rings. The number of primary amides is 1. The maximum Gasteiger partial charge on any atom is 0.524 e. The Morgan fingerprint density at radius 2 is 1.71 bits per heavy atom. The summed E-state index contributed by atoms with van der Waals surface area (Å²) in [5.41, 5.74) is 5.69. The van der Waals surface area contributed by atoms with Crippen molar-refractivity contribution in [3.8, 4) is 0 Å². The molecule has 3 N–H and O–H groups in total. The molecule has 1 aliphatic heterocycles. The van der Waals surface area contributed by atoms with Gasteiger partial charge >= 0.3 is 12.0 Å². The molecular weight excluding hydrogens is 440 g/mol. The highest BCUT2D eigenvalue weighted by atomic mass is 16.6. The topological polar surface area (TPSA) is 130 Å². The molecule has 34 heavy (non-hydrogen) atoms. The fraction of sp³-hybridized carbons (Fsp3) is 0.833. The number of nitrogens with two attached hydrogens (primary N) is 1. The standard InChI is InChI=1S/C24H40N4O6/c1-26(2)19-9-11-20(12-10-19)34-24(32)28(13-5-8-21(28)22(25)30)23(31)18(15-27(33)16-29)14-17-6-3-4-7-17/h16-21,33H,3-15H2,1-2H3,(H-,25,30)/p+1/t18-,19?,20?,21+,28?/m1/s1. The minimum Gasteiger partial charge on any atom is -0.416 e. The summed E-state index contributed by atoms with van der Waals surface area (Å²) in [5.74, 6) is -1.67. The van der Waals surface area contributed by atoms with E-state index in [1.165, 1.54) is 0 Å². The van der Waals surface area contributed by atoms with E-state index in [4.69, 9.17) is 10.5 Å². The zero-order valence-corrected chi connectivity index (χ0v) is 20.6. The zero-order valence-electron chi connectivity index (χ0n) is 20.6. The van der Waals surface area contributed by atoms with Crippen LogP contribution in [-0.4, -0.2) is 89.3 Å². The number of ether oxygens (including phenoxy) is 1. The van der Waals surface area contributed by atoms with Crippen molar-refractivity contribution in [3.63, 3.8) is 0 Å². The molecule has 0 radical (unpaired) electrons. The average Bonchev–Trinajstić information content (AvgIpc) is 3.49. The van der Waals surface area contributed by atoms with Crippen LogP contribution < -0.4 is 5.73 Å². The summed E-state index contributed by atoms with van der Waals surface area (Å²) in [5, 5.41) is 10.4. The van der Waals surface area contributed by atoms with Crippen LogP contribution in [0, 0.1) is 11.8 Å². The van der Waals surface area contributed by atoms with Crippen molar-refractivity contribution < 1.29 is 33.6 Å². The Balaban J connectivity index is 1.84. The monoisotopic (exact) mass is 481 g/mol. The third-order valence-electron chi connectivity index (χ3n) is 8.18. The second kappa shape index (κ2) is 11.6. The Hall–Kier alpha value is -2.04. The van der Waals surface area contributed by atoms with Gasteiger partial charge in [0, 0.05) is 18.9 Å². The molecule has 3 rings (SSSR count). The number of nitrogens with zero attached hydrogens (tertiary/aromatic N) is 3. The number of carbonyl (C=O) groups excluding carboxylic acids is 4. The molecule has 10 nitrogen and oxygen atoms in total.